The number of esters is 1. The SMILES string of the molecule is CCOC(=O)C(C)(Cc1ccco1)c1ccccc1F. The molecule has 0 aliphatic carbocycles. The monoisotopic (exact) mass is 276 g/mol. The van der Waals surface area contributed by atoms with Gasteiger partial charge in [-0.15, -0.1) is 0 Å². The van der Waals surface area contributed by atoms with Crippen LogP contribution in [0.5, 0.6) is 0 Å². The van der Waals surface area contributed by atoms with Crippen LogP contribution in [0.1, 0.15) is 25.2 Å². The molecular weight excluding hydrogens is 259 g/mol. The Hall–Kier alpha value is -2.10. The number of carbonyl (C=O) groups excluding carboxylic acids is 1. The van der Waals surface area contributed by atoms with Crippen molar-refractivity contribution in [3.8, 4) is 0 Å². The Kier molecular flexibility index (Phi) is 4.23. The fourth-order valence-corrected chi connectivity index (χ4v) is 2.24. The maximum Gasteiger partial charge on any atom is 0.316 e. The molecule has 106 valence electrons. The summed E-state index contributed by atoms with van der Waals surface area (Å²) >= 11 is 0. The van der Waals surface area contributed by atoms with E-state index in [4.69, 9.17) is 9.15 Å². The van der Waals surface area contributed by atoms with Crippen molar-refractivity contribution in [1.82, 2.24) is 0 Å². The Morgan fingerprint density at radius 2 is 2.05 bits per heavy atom. The number of hydrogen-bond donors (Lipinski definition) is 0. The summed E-state index contributed by atoms with van der Waals surface area (Å²) in [6.07, 6.45) is 1.78. The van der Waals surface area contributed by atoms with E-state index in [0.29, 0.717) is 11.3 Å². The molecule has 0 bridgehead atoms. The van der Waals surface area contributed by atoms with Crippen molar-refractivity contribution in [2.75, 3.05) is 6.61 Å². The average molecular weight is 276 g/mol. The molecule has 1 heterocycles. The predicted octanol–water partition coefficient (Wildman–Crippen LogP) is 3.48. The summed E-state index contributed by atoms with van der Waals surface area (Å²) < 4.78 is 24.5. The van der Waals surface area contributed by atoms with Crippen LogP contribution < -0.4 is 0 Å². The van der Waals surface area contributed by atoms with Gasteiger partial charge in [0.2, 0.25) is 0 Å². The molecule has 0 amide bonds. The van der Waals surface area contributed by atoms with Crippen molar-refractivity contribution in [2.24, 2.45) is 0 Å². The van der Waals surface area contributed by atoms with Crippen molar-refractivity contribution in [3.63, 3.8) is 0 Å². The molecule has 0 aliphatic rings. The predicted molar refractivity (Wildman–Crippen MR) is 72.8 cm³/mol. The van der Waals surface area contributed by atoms with Crippen LogP contribution in [0.25, 0.3) is 0 Å². The average Bonchev–Trinajstić information content (AvgIpc) is 2.92. The first kappa shape index (κ1) is 14.3. The molecule has 0 spiro atoms. The lowest BCUT2D eigenvalue weighted by atomic mass is 9.78. The molecule has 2 rings (SSSR count). The van der Waals surface area contributed by atoms with Gasteiger partial charge in [0, 0.05) is 12.0 Å². The van der Waals surface area contributed by atoms with E-state index in [0.717, 1.165) is 0 Å². The number of ether oxygens (including phenoxy) is 1. The van der Waals surface area contributed by atoms with Gasteiger partial charge >= 0.3 is 5.97 Å². The molecule has 20 heavy (non-hydrogen) atoms. The van der Waals surface area contributed by atoms with Gasteiger partial charge in [-0.05, 0) is 32.0 Å². The van der Waals surface area contributed by atoms with E-state index in [1.165, 1.54) is 12.3 Å². The second-order valence-corrected chi connectivity index (χ2v) is 4.79. The first-order valence-electron chi connectivity index (χ1n) is 6.52. The summed E-state index contributed by atoms with van der Waals surface area (Å²) in [7, 11) is 0. The lowest BCUT2D eigenvalue weighted by molar-refractivity contribution is -0.149. The summed E-state index contributed by atoms with van der Waals surface area (Å²) in [5.74, 6) is -0.264. The van der Waals surface area contributed by atoms with E-state index < -0.39 is 17.2 Å². The van der Waals surface area contributed by atoms with Crippen LogP contribution in [-0.2, 0) is 21.4 Å². The van der Waals surface area contributed by atoms with Crippen LogP contribution in [0.4, 0.5) is 4.39 Å². The molecule has 0 saturated heterocycles. The second kappa shape index (κ2) is 5.90. The Balaban J connectivity index is 2.43. The highest BCUT2D eigenvalue weighted by Gasteiger charge is 2.39. The first-order valence-corrected chi connectivity index (χ1v) is 6.52. The van der Waals surface area contributed by atoms with E-state index in [2.05, 4.69) is 0 Å². The zero-order valence-corrected chi connectivity index (χ0v) is 11.6. The third-order valence-corrected chi connectivity index (χ3v) is 3.30. The fourth-order valence-electron chi connectivity index (χ4n) is 2.24. The maximum absolute atomic E-state index is 14.1. The van der Waals surface area contributed by atoms with Crippen molar-refractivity contribution in [3.05, 3.63) is 59.8 Å². The van der Waals surface area contributed by atoms with E-state index in [9.17, 15) is 9.18 Å². The highest BCUT2D eigenvalue weighted by atomic mass is 19.1. The van der Waals surface area contributed by atoms with Crippen LogP contribution in [0.3, 0.4) is 0 Å². The summed E-state index contributed by atoms with van der Waals surface area (Å²) in [5, 5.41) is 0. The minimum Gasteiger partial charge on any atom is -0.469 e. The lowest BCUT2D eigenvalue weighted by Crippen LogP contribution is -2.37. The number of benzene rings is 1. The molecule has 0 aliphatic heterocycles. The molecule has 1 unspecified atom stereocenters. The van der Waals surface area contributed by atoms with Gasteiger partial charge in [0.15, 0.2) is 0 Å². The summed E-state index contributed by atoms with van der Waals surface area (Å²) in [5.41, 5.74) is -0.797. The minimum atomic E-state index is -1.11. The first-order chi connectivity index (χ1) is 9.58. The topological polar surface area (TPSA) is 39.4 Å². The zero-order valence-electron chi connectivity index (χ0n) is 11.6. The van der Waals surface area contributed by atoms with E-state index >= 15 is 0 Å². The quantitative estimate of drug-likeness (QED) is 0.785. The molecule has 1 aromatic heterocycles. The standard InChI is InChI=1S/C16H17FO3/c1-3-19-15(18)16(2,11-12-7-6-10-20-12)13-8-4-5-9-14(13)17/h4-10H,3,11H2,1-2H3. The van der Waals surface area contributed by atoms with Gasteiger partial charge in [-0.1, -0.05) is 18.2 Å². The number of rotatable bonds is 5. The molecule has 4 heteroatoms. The molecule has 2 aromatic rings. The summed E-state index contributed by atoms with van der Waals surface area (Å²) in [6.45, 7) is 3.65. The maximum atomic E-state index is 14.1. The number of furan rings is 1. The highest BCUT2D eigenvalue weighted by molar-refractivity contribution is 5.83. The van der Waals surface area contributed by atoms with Gasteiger partial charge in [0.05, 0.1) is 18.3 Å². The normalized spacial score (nSPS) is 13.8. The smallest absolute Gasteiger partial charge is 0.316 e. The zero-order chi connectivity index (χ0) is 14.6. The van der Waals surface area contributed by atoms with Crippen LogP contribution in [0.15, 0.2) is 47.1 Å². The molecule has 0 fully saturated rings. The van der Waals surface area contributed by atoms with Gasteiger partial charge in [-0.25, -0.2) is 4.39 Å². The van der Waals surface area contributed by atoms with E-state index in [1.54, 1.807) is 44.2 Å². The van der Waals surface area contributed by atoms with Crippen LogP contribution in [0, 0.1) is 5.82 Å². The highest BCUT2D eigenvalue weighted by Crippen LogP contribution is 2.32. The molecular formula is C16H17FO3. The summed E-state index contributed by atoms with van der Waals surface area (Å²) in [4.78, 5) is 12.3. The molecule has 0 radical (unpaired) electrons. The van der Waals surface area contributed by atoms with Crippen LogP contribution >= 0.6 is 0 Å². The molecule has 0 N–H and O–H groups in total. The van der Waals surface area contributed by atoms with Crippen molar-refractivity contribution in [1.29, 1.82) is 0 Å². The Bertz CT molecular complexity index is 577. The Morgan fingerprint density at radius 1 is 1.30 bits per heavy atom. The van der Waals surface area contributed by atoms with Crippen molar-refractivity contribution in [2.45, 2.75) is 25.7 Å². The van der Waals surface area contributed by atoms with Crippen molar-refractivity contribution < 1.29 is 18.3 Å². The van der Waals surface area contributed by atoms with Gasteiger partial charge in [-0.3, -0.25) is 4.79 Å². The van der Waals surface area contributed by atoms with Gasteiger partial charge < -0.3 is 9.15 Å². The fraction of sp³-hybridized carbons (Fsp3) is 0.312. The number of halogens is 1. The number of carbonyl (C=O) groups is 1. The minimum absolute atomic E-state index is 0.250. The van der Waals surface area contributed by atoms with Crippen LogP contribution in [0.2, 0.25) is 0 Å². The third-order valence-electron chi connectivity index (χ3n) is 3.30. The molecule has 1 atom stereocenters. The third kappa shape index (κ3) is 2.74. The lowest BCUT2D eigenvalue weighted by Gasteiger charge is -2.27. The Labute approximate surface area is 117 Å². The molecule has 0 saturated carbocycles. The second-order valence-electron chi connectivity index (χ2n) is 4.79. The van der Waals surface area contributed by atoms with Gasteiger partial charge in [0.25, 0.3) is 0 Å². The van der Waals surface area contributed by atoms with Crippen LogP contribution in [-0.4, -0.2) is 12.6 Å². The van der Waals surface area contributed by atoms with Crippen molar-refractivity contribution >= 4 is 5.97 Å². The largest absolute Gasteiger partial charge is 0.469 e. The van der Waals surface area contributed by atoms with E-state index in [1.807, 2.05) is 0 Å². The van der Waals surface area contributed by atoms with Gasteiger partial charge in [-0.2, -0.15) is 0 Å². The summed E-state index contributed by atoms with van der Waals surface area (Å²) in [6, 6.07) is 9.75. The van der Waals surface area contributed by atoms with Gasteiger partial charge in [0.1, 0.15) is 11.6 Å². The molecule has 1 aromatic carbocycles. The number of hydrogen-bond acceptors (Lipinski definition) is 3. The van der Waals surface area contributed by atoms with E-state index in [-0.39, 0.29) is 13.0 Å². The Morgan fingerprint density at radius 3 is 2.65 bits per heavy atom. The molecule has 3 nitrogen and oxygen atoms in total.